The molecule has 3 unspecified atom stereocenters. The summed E-state index contributed by atoms with van der Waals surface area (Å²) in [5.41, 5.74) is -1.06. The van der Waals surface area contributed by atoms with Crippen molar-refractivity contribution in [3.05, 3.63) is 29.8 Å². The van der Waals surface area contributed by atoms with Crippen LogP contribution in [0.4, 0.5) is 13.6 Å². The molecule has 3 atom stereocenters. The average molecular weight is 437 g/mol. The van der Waals surface area contributed by atoms with E-state index < -0.39 is 41.7 Å². The van der Waals surface area contributed by atoms with Gasteiger partial charge in [-0.05, 0) is 49.7 Å². The Balaban J connectivity index is 1.56. The first-order valence-electron chi connectivity index (χ1n) is 10.4. The fraction of sp³-hybridized carbons (Fsp3) is 0.591. The van der Waals surface area contributed by atoms with Gasteiger partial charge in [-0.3, -0.25) is 14.5 Å². The predicted molar refractivity (Wildman–Crippen MR) is 109 cm³/mol. The molecule has 1 saturated heterocycles. The predicted octanol–water partition coefficient (Wildman–Crippen LogP) is 2.99. The van der Waals surface area contributed by atoms with Crippen molar-refractivity contribution in [2.24, 2.45) is 11.3 Å². The number of carbonyl (C=O) groups excluding carboxylic acids is 3. The third kappa shape index (κ3) is 5.14. The van der Waals surface area contributed by atoms with Crippen LogP contribution in [-0.4, -0.2) is 47.5 Å². The highest BCUT2D eigenvalue weighted by Gasteiger charge is 2.56. The zero-order valence-electron chi connectivity index (χ0n) is 18.3. The average Bonchev–Trinajstić information content (AvgIpc) is 2.82. The minimum absolute atomic E-state index is 0.0654. The summed E-state index contributed by atoms with van der Waals surface area (Å²) < 4.78 is 31.9. The lowest BCUT2D eigenvalue weighted by Gasteiger charge is -2.43. The number of ether oxygens (including phenoxy) is 1. The Labute approximate surface area is 180 Å². The largest absolute Gasteiger partial charge is 0.488 e. The highest BCUT2D eigenvalue weighted by Crippen LogP contribution is 2.46. The van der Waals surface area contributed by atoms with Crippen LogP contribution in [0.2, 0.25) is 0 Å². The topological polar surface area (TPSA) is 87.7 Å². The van der Waals surface area contributed by atoms with Gasteiger partial charge in [0.2, 0.25) is 5.91 Å². The quantitative estimate of drug-likeness (QED) is 0.670. The van der Waals surface area contributed by atoms with E-state index in [4.69, 9.17) is 4.74 Å². The van der Waals surface area contributed by atoms with Crippen LogP contribution in [0.1, 0.15) is 47.0 Å². The zero-order valence-corrected chi connectivity index (χ0v) is 18.3. The van der Waals surface area contributed by atoms with E-state index in [1.54, 1.807) is 6.92 Å². The van der Waals surface area contributed by atoms with Crippen molar-refractivity contribution in [2.45, 2.75) is 58.5 Å². The number of benzene rings is 1. The van der Waals surface area contributed by atoms with Crippen molar-refractivity contribution in [3.63, 3.8) is 0 Å². The monoisotopic (exact) mass is 437 g/mol. The first kappa shape index (κ1) is 23.0. The molecule has 0 radical (unpaired) electrons. The van der Waals surface area contributed by atoms with Gasteiger partial charge in [0.25, 0.3) is 5.91 Å². The Kier molecular flexibility index (Phi) is 6.25. The van der Waals surface area contributed by atoms with Gasteiger partial charge in [-0.15, -0.1) is 0 Å². The molecular formula is C22H29F2N3O4. The second-order valence-electron chi connectivity index (χ2n) is 9.61. The van der Waals surface area contributed by atoms with Crippen LogP contribution in [0.15, 0.2) is 18.2 Å². The molecule has 1 heterocycles. The molecule has 31 heavy (non-hydrogen) atoms. The lowest BCUT2D eigenvalue weighted by Crippen LogP contribution is -2.54. The van der Waals surface area contributed by atoms with Gasteiger partial charge in [-0.1, -0.05) is 20.8 Å². The Bertz CT molecular complexity index is 892. The number of halogens is 2. The van der Waals surface area contributed by atoms with Gasteiger partial charge in [0.1, 0.15) is 24.5 Å². The first-order valence-corrected chi connectivity index (χ1v) is 10.4. The van der Waals surface area contributed by atoms with Gasteiger partial charge in [0.05, 0.1) is 6.04 Å². The molecule has 4 amide bonds. The maximum absolute atomic E-state index is 13.6. The molecule has 1 aliphatic heterocycles. The first-order chi connectivity index (χ1) is 14.4. The number of nitrogens with zero attached hydrogens (tertiary/aromatic N) is 1. The molecule has 2 fully saturated rings. The van der Waals surface area contributed by atoms with E-state index in [-0.39, 0.29) is 29.6 Å². The molecule has 2 N–H and O–H groups in total. The SMILES string of the molecule is CC1CC(C)(C)CC2(C1)NC(=O)N(CC(=O)NC(C)COc1ccc(F)cc1F)C2=O. The molecule has 9 heteroatoms. The van der Waals surface area contributed by atoms with E-state index in [1.165, 1.54) is 6.07 Å². The molecule has 1 aromatic rings. The maximum atomic E-state index is 13.6. The van der Waals surface area contributed by atoms with Crippen molar-refractivity contribution >= 4 is 17.8 Å². The molecule has 0 aromatic heterocycles. The second-order valence-corrected chi connectivity index (χ2v) is 9.61. The smallest absolute Gasteiger partial charge is 0.325 e. The van der Waals surface area contributed by atoms with Crippen molar-refractivity contribution in [2.75, 3.05) is 13.2 Å². The second kappa shape index (κ2) is 8.43. The molecule has 7 nitrogen and oxygen atoms in total. The lowest BCUT2D eigenvalue weighted by atomic mass is 9.64. The van der Waals surface area contributed by atoms with Crippen LogP contribution >= 0.6 is 0 Å². The van der Waals surface area contributed by atoms with Crippen LogP contribution in [0.5, 0.6) is 5.75 Å². The van der Waals surface area contributed by atoms with E-state index in [2.05, 4.69) is 31.4 Å². The molecule has 3 rings (SSSR count). The number of carbonyl (C=O) groups is 3. The molecule has 1 saturated carbocycles. The number of amides is 4. The number of hydrogen-bond acceptors (Lipinski definition) is 4. The lowest BCUT2D eigenvalue weighted by molar-refractivity contribution is -0.137. The number of rotatable bonds is 6. The molecule has 0 bridgehead atoms. The van der Waals surface area contributed by atoms with Crippen LogP contribution < -0.4 is 15.4 Å². The minimum atomic E-state index is -0.965. The molecule has 1 spiro atoms. The Morgan fingerprint density at radius 1 is 1.32 bits per heavy atom. The van der Waals surface area contributed by atoms with E-state index >= 15 is 0 Å². The van der Waals surface area contributed by atoms with Gasteiger partial charge in [-0.25, -0.2) is 13.6 Å². The summed E-state index contributed by atoms with van der Waals surface area (Å²) in [6, 6.07) is 1.85. The van der Waals surface area contributed by atoms with E-state index in [0.717, 1.165) is 17.4 Å². The zero-order chi connectivity index (χ0) is 23.0. The maximum Gasteiger partial charge on any atom is 0.325 e. The normalized spacial score (nSPS) is 26.0. The van der Waals surface area contributed by atoms with Crippen LogP contribution in [0.3, 0.4) is 0 Å². The third-order valence-corrected chi connectivity index (χ3v) is 5.72. The van der Waals surface area contributed by atoms with Crippen molar-refractivity contribution in [1.82, 2.24) is 15.5 Å². The summed E-state index contributed by atoms with van der Waals surface area (Å²) in [4.78, 5) is 39.0. The van der Waals surface area contributed by atoms with Crippen LogP contribution in [-0.2, 0) is 9.59 Å². The number of imide groups is 1. The summed E-state index contributed by atoms with van der Waals surface area (Å²) >= 11 is 0. The van der Waals surface area contributed by atoms with Crippen LogP contribution in [0.25, 0.3) is 0 Å². The summed E-state index contributed by atoms with van der Waals surface area (Å²) in [6.45, 7) is 7.37. The number of hydrogen-bond donors (Lipinski definition) is 2. The minimum Gasteiger partial charge on any atom is -0.488 e. The molecule has 1 aromatic carbocycles. The van der Waals surface area contributed by atoms with Crippen LogP contribution in [0, 0.1) is 23.0 Å². The highest BCUT2D eigenvalue weighted by atomic mass is 19.1. The number of urea groups is 1. The van der Waals surface area contributed by atoms with Gasteiger partial charge >= 0.3 is 6.03 Å². The van der Waals surface area contributed by atoms with Gasteiger partial charge < -0.3 is 15.4 Å². The van der Waals surface area contributed by atoms with Gasteiger partial charge in [0.15, 0.2) is 11.6 Å². The Morgan fingerprint density at radius 3 is 2.68 bits per heavy atom. The number of nitrogens with one attached hydrogen (secondary N) is 2. The molecular weight excluding hydrogens is 408 g/mol. The van der Waals surface area contributed by atoms with E-state index in [0.29, 0.717) is 18.9 Å². The fourth-order valence-electron chi connectivity index (χ4n) is 4.96. The fourth-order valence-corrected chi connectivity index (χ4v) is 4.96. The van der Waals surface area contributed by atoms with Gasteiger partial charge in [-0.2, -0.15) is 0 Å². The van der Waals surface area contributed by atoms with Crippen molar-refractivity contribution < 1.29 is 27.9 Å². The standard InChI is InChI=1S/C22H29F2N3O4/c1-13-8-21(3,4)12-22(9-13)19(29)27(20(30)26-22)10-18(28)25-14(2)11-31-17-6-5-15(23)7-16(17)24/h5-7,13-14H,8-12H2,1-4H3,(H,25,28)(H,26,30). The summed E-state index contributed by atoms with van der Waals surface area (Å²) in [7, 11) is 0. The van der Waals surface area contributed by atoms with Crippen molar-refractivity contribution in [3.8, 4) is 5.75 Å². The van der Waals surface area contributed by atoms with E-state index in [1.807, 2.05) is 0 Å². The summed E-state index contributed by atoms with van der Waals surface area (Å²) in [5, 5.41) is 5.46. The molecule has 1 aliphatic carbocycles. The molecule has 2 aliphatic rings. The summed E-state index contributed by atoms with van der Waals surface area (Å²) in [6.07, 6.45) is 2.04. The summed E-state index contributed by atoms with van der Waals surface area (Å²) in [5.74, 6) is -2.32. The molecule has 170 valence electrons. The van der Waals surface area contributed by atoms with Gasteiger partial charge in [0, 0.05) is 6.07 Å². The Morgan fingerprint density at radius 2 is 2.03 bits per heavy atom. The van der Waals surface area contributed by atoms with Crippen molar-refractivity contribution in [1.29, 1.82) is 0 Å². The van der Waals surface area contributed by atoms with E-state index in [9.17, 15) is 23.2 Å². The third-order valence-electron chi connectivity index (χ3n) is 5.72. The highest BCUT2D eigenvalue weighted by molar-refractivity contribution is 6.09. The Hall–Kier alpha value is -2.71.